The van der Waals surface area contributed by atoms with E-state index in [1.54, 1.807) is 24.3 Å². The number of carbonyl (C=O) groups excluding carboxylic acids is 2. The Morgan fingerprint density at radius 2 is 1.34 bits per heavy atom. The number of fused-ring (bicyclic) bond motifs is 1. The van der Waals surface area contributed by atoms with Crippen LogP contribution in [0.5, 0.6) is 0 Å². The number of imide groups is 1. The Balaban J connectivity index is 1.60. The minimum absolute atomic E-state index is 0.206. The first-order valence-corrected chi connectivity index (χ1v) is 9.82. The van der Waals surface area contributed by atoms with E-state index in [-0.39, 0.29) is 17.9 Å². The molecule has 0 aliphatic carbocycles. The van der Waals surface area contributed by atoms with Gasteiger partial charge in [-0.25, -0.2) is 10.3 Å². The smallest absolute Gasteiger partial charge is 0.258 e. The molecule has 3 aromatic carbocycles. The summed E-state index contributed by atoms with van der Waals surface area (Å²) in [6.45, 7) is 0. The molecule has 6 heteroatoms. The molecule has 2 aliphatic rings. The maximum atomic E-state index is 13.4. The first-order valence-electron chi connectivity index (χ1n) is 9.44. The standard InChI is InChI=1S/C23H18ClN3O2/c24-16-11-13-17(14-12-16)26-22(28)19-20(15-7-3-1-4-8-15)25-27(21(19)23(26)29)18-9-5-2-6-10-18/h1-14,19-21,25H. The summed E-state index contributed by atoms with van der Waals surface area (Å²) < 4.78 is 0. The summed E-state index contributed by atoms with van der Waals surface area (Å²) in [5.74, 6) is -0.972. The highest BCUT2D eigenvalue weighted by Gasteiger charge is 2.59. The zero-order valence-corrected chi connectivity index (χ0v) is 16.2. The van der Waals surface area contributed by atoms with Crippen LogP contribution in [0.2, 0.25) is 5.02 Å². The molecule has 3 aromatic rings. The van der Waals surface area contributed by atoms with E-state index in [0.29, 0.717) is 10.7 Å². The lowest BCUT2D eigenvalue weighted by molar-refractivity contribution is -0.122. The zero-order valence-electron chi connectivity index (χ0n) is 15.4. The van der Waals surface area contributed by atoms with Crippen molar-refractivity contribution in [2.75, 3.05) is 9.91 Å². The van der Waals surface area contributed by atoms with E-state index in [4.69, 9.17) is 11.6 Å². The quantitative estimate of drug-likeness (QED) is 0.672. The summed E-state index contributed by atoms with van der Waals surface area (Å²) in [5.41, 5.74) is 5.77. The molecule has 2 fully saturated rings. The number of hydrogen-bond donors (Lipinski definition) is 1. The fourth-order valence-electron chi connectivity index (χ4n) is 4.20. The van der Waals surface area contributed by atoms with Crippen molar-refractivity contribution in [3.05, 3.63) is 95.5 Å². The molecule has 2 aliphatic heterocycles. The van der Waals surface area contributed by atoms with E-state index < -0.39 is 12.0 Å². The molecular formula is C23H18ClN3O2. The highest BCUT2D eigenvalue weighted by atomic mass is 35.5. The summed E-state index contributed by atoms with van der Waals surface area (Å²) in [7, 11) is 0. The van der Waals surface area contributed by atoms with Crippen LogP contribution in [0.25, 0.3) is 0 Å². The molecule has 0 saturated carbocycles. The molecule has 2 heterocycles. The number of rotatable bonds is 3. The number of hydrogen-bond acceptors (Lipinski definition) is 4. The second-order valence-electron chi connectivity index (χ2n) is 7.18. The van der Waals surface area contributed by atoms with E-state index in [0.717, 1.165) is 11.3 Å². The van der Waals surface area contributed by atoms with Crippen LogP contribution in [0, 0.1) is 5.92 Å². The third-order valence-corrected chi connectivity index (χ3v) is 5.76. The van der Waals surface area contributed by atoms with Gasteiger partial charge in [-0.3, -0.25) is 14.6 Å². The number of benzene rings is 3. The van der Waals surface area contributed by atoms with Crippen molar-refractivity contribution in [1.29, 1.82) is 0 Å². The lowest BCUT2D eigenvalue weighted by Gasteiger charge is -2.26. The van der Waals surface area contributed by atoms with Gasteiger partial charge in [-0.1, -0.05) is 60.1 Å². The second kappa shape index (κ2) is 7.03. The Morgan fingerprint density at radius 3 is 2.00 bits per heavy atom. The van der Waals surface area contributed by atoms with Crippen LogP contribution in [-0.4, -0.2) is 17.9 Å². The van der Waals surface area contributed by atoms with Crippen molar-refractivity contribution < 1.29 is 9.59 Å². The monoisotopic (exact) mass is 403 g/mol. The molecule has 5 rings (SSSR count). The Morgan fingerprint density at radius 1 is 0.724 bits per heavy atom. The van der Waals surface area contributed by atoms with Gasteiger partial charge in [0.05, 0.1) is 23.3 Å². The van der Waals surface area contributed by atoms with E-state index in [1.807, 2.05) is 65.7 Å². The third kappa shape index (κ3) is 2.90. The number of hydrazine groups is 1. The number of anilines is 2. The van der Waals surface area contributed by atoms with Crippen molar-refractivity contribution >= 4 is 34.8 Å². The number of nitrogens with one attached hydrogen (secondary N) is 1. The van der Waals surface area contributed by atoms with Gasteiger partial charge in [0.1, 0.15) is 6.04 Å². The normalized spacial score (nSPS) is 23.6. The molecule has 0 radical (unpaired) electrons. The molecule has 29 heavy (non-hydrogen) atoms. The Bertz CT molecular complexity index is 993. The molecule has 2 saturated heterocycles. The van der Waals surface area contributed by atoms with E-state index in [9.17, 15) is 9.59 Å². The Hall–Kier alpha value is -3.15. The maximum Gasteiger partial charge on any atom is 0.258 e. The fraction of sp³-hybridized carbons (Fsp3) is 0.130. The lowest BCUT2D eigenvalue weighted by atomic mass is 9.91. The molecule has 3 atom stereocenters. The van der Waals surface area contributed by atoms with Gasteiger partial charge in [-0.05, 0) is 42.0 Å². The van der Waals surface area contributed by atoms with Crippen LogP contribution in [0.15, 0.2) is 84.9 Å². The molecule has 3 unspecified atom stereocenters. The maximum absolute atomic E-state index is 13.4. The molecule has 0 spiro atoms. The largest absolute Gasteiger partial charge is 0.294 e. The first-order chi connectivity index (χ1) is 14.1. The van der Waals surface area contributed by atoms with Crippen molar-refractivity contribution in [3.8, 4) is 0 Å². The van der Waals surface area contributed by atoms with Crippen LogP contribution in [0.3, 0.4) is 0 Å². The second-order valence-corrected chi connectivity index (χ2v) is 7.62. The minimum Gasteiger partial charge on any atom is -0.294 e. The fourth-order valence-corrected chi connectivity index (χ4v) is 4.32. The van der Waals surface area contributed by atoms with Gasteiger partial charge in [-0.2, -0.15) is 0 Å². The van der Waals surface area contributed by atoms with Crippen molar-refractivity contribution in [2.24, 2.45) is 5.92 Å². The van der Waals surface area contributed by atoms with Crippen LogP contribution < -0.4 is 15.3 Å². The average Bonchev–Trinajstić information content (AvgIpc) is 3.27. The number of carbonyl (C=O) groups is 2. The SMILES string of the molecule is O=C1C2C(c3ccccc3)NN(c3ccccc3)C2C(=O)N1c1ccc(Cl)cc1. The van der Waals surface area contributed by atoms with Gasteiger partial charge in [-0.15, -0.1) is 0 Å². The molecule has 2 amide bonds. The van der Waals surface area contributed by atoms with Gasteiger partial charge in [0.2, 0.25) is 5.91 Å². The molecular weight excluding hydrogens is 386 g/mol. The average molecular weight is 404 g/mol. The number of halogens is 1. The molecule has 0 bridgehead atoms. The van der Waals surface area contributed by atoms with Crippen molar-refractivity contribution in [1.82, 2.24) is 5.43 Å². The molecule has 0 aromatic heterocycles. The summed E-state index contributed by atoms with van der Waals surface area (Å²) in [4.78, 5) is 28.2. The van der Waals surface area contributed by atoms with Crippen LogP contribution >= 0.6 is 11.6 Å². The van der Waals surface area contributed by atoms with Crippen LogP contribution in [-0.2, 0) is 9.59 Å². The highest BCUT2D eigenvalue weighted by Crippen LogP contribution is 2.43. The number of amides is 2. The number of nitrogens with zero attached hydrogens (tertiary/aromatic N) is 2. The highest BCUT2D eigenvalue weighted by molar-refractivity contribution is 6.31. The van der Waals surface area contributed by atoms with E-state index >= 15 is 0 Å². The topological polar surface area (TPSA) is 52.7 Å². The summed E-state index contributed by atoms with van der Waals surface area (Å²) in [6, 6.07) is 25.3. The minimum atomic E-state index is -0.620. The van der Waals surface area contributed by atoms with Gasteiger partial charge in [0.25, 0.3) is 5.91 Å². The van der Waals surface area contributed by atoms with Gasteiger partial charge in [0, 0.05) is 5.02 Å². The molecule has 5 nitrogen and oxygen atoms in total. The van der Waals surface area contributed by atoms with Crippen molar-refractivity contribution in [2.45, 2.75) is 12.1 Å². The van der Waals surface area contributed by atoms with Crippen molar-refractivity contribution in [3.63, 3.8) is 0 Å². The summed E-state index contributed by atoms with van der Waals surface area (Å²) in [5, 5.41) is 2.39. The predicted octanol–water partition coefficient (Wildman–Crippen LogP) is 3.96. The van der Waals surface area contributed by atoms with Gasteiger partial charge >= 0.3 is 0 Å². The Labute approximate surface area is 173 Å². The number of para-hydroxylation sites is 1. The van der Waals surface area contributed by atoms with Crippen LogP contribution in [0.4, 0.5) is 11.4 Å². The zero-order chi connectivity index (χ0) is 20.0. The predicted molar refractivity (Wildman–Crippen MR) is 112 cm³/mol. The van der Waals surface area contributed by atoms with E-state index in [1.165, 1.54) is 4.90 Å². The van der Waals surface area contributed by atoms with Gasteiger partial charge < -0.3 is 0 Å². The summed E-state index contributed by atoms with van der Waals surface area (Å²) >= 11 is 5.99. The lowest BCUT2D eigenvalue weighted by Crippen LogP contribution is -2.45. The molecule has 1 N–H and O–H groups in total. The first kappa shape index (κ1) is 17.9. The molecule has 144 valence electrons. The van der Waals surface area contributed by atoms with Gasteiger partial charge in [0.15, 0.2) is 0 Å². The van der Waals surface area contributed by atoms with Crippen LogP contribution in [0.1, 0.15) is 11.6 Å². The van der Waals surface area contributed by atoms with E-state index in [2.05, 4.69) is 5.43 Å². The summed E-state index contributed by atoms with van der Waals surface area (Å²) in [6.07, 6.45) is 0. The third-order valence-electron chi connectivity index (χ3n) is 5.51. The Kier molecular flexibility index (Phi) is 4.34.